The molecule has 2 rings (SSSR count). The quantitative estimate of drug-likeness (QED) is 0.611. The van der Waals surface area contributed by atoms with E-state index in [9.17, 15) is 4.79 Å². The molecule has 2 aliphatic heterocycles. The highest BCUT2D eigenvalue weighted by Gasteiger charge is 2.38. The van der Waals surface area contributed by atoms with E-state index in [2.05, 4.69) is 5.32 Å². The molecule has 2 N–H and O–H groups in total. The predicted octanol–water partition coefficient (Wildman–Crippen LogP) is 0.366. The van der Waals surface area contributed by atoms with Crippen LogP contribution in [0, 0.1) is 5.41 Å². The van der Waals surface area contributed by atoms with Crippen LogP contribution in [-0.4, -0.2) is 55.5 Å². The van der Waals surface area contributed by atoms with Crippen molar-refractivity contribution in [1.82, 2.24) is 10.2 Å². The van der Waals surface area contributed by atoms with Crippen molar-refractivity contribution in [2.24, 2.45) is 5.41 Å². The van der Waals surface area contributed by atoms with E-state index in [0.29, 0.717) is 19.7 Å². The van der Waals surface area contributed by atoms with Gasteiger partial charge >= 0.3 is 6.09 Å². The third-order valence-electron chi connectivity index (χ3n) is 3.26. The maximum absolute atomic E-state index is 10.9. The van der Waals surface area contributed by atoms with E-state index < -0.39 is 6.09 Å². The molecule has 1 unspecified atom stereocenters. The molecule has 0 bridgehead atoms. The van der Waals surface area contributed by atoms with E-state index in [1.807, 2.05) is 0 Å². The van der Waals surface area contributed by atoms with Crippen LogP contribution >= 0.6 is 0 Å². The summed E-state index contributed by atoms with van der Waals surface area (Å²) in [5, 5.41) is 12.3. The average Bonchev–Trinajstić information content (AvgIpc) is 2.44. The number of nitrogens with zero attached hydrogens (tertiary/aromatic N) is 1. The Morgan fingerprint density at radius 3 is 3.20 bits per heavy atom. The van der Waals surface area contributed by atoms with E-state index in [4.69, 9.17) is 9.84 Å². The first-order valence-electron chi connectivity index (χ1n) is 5.48. The highest BCUT2D eigenvalue weighted by atomic mass is 16.5. The first-order valence-corrected chi connectivity index (χ1v) is 5.48. The monoisotopic (exact) mass is 214 g/mol. The van der Waals surface area contributed by atoms with Gasteiger partial charge in [0, 0.05) is 31.6 Å². The van der Waals surface area contributed by atoms with Crippen LogP contribution in [0.4, 0.5) is 4.79 Å². The van der Waals surface area contributed by atoms with Crippen molar-refractivity contribution in [2.75, 3.05) is 39.4 Å². The molecule has 0 aliphatic carbocycles. The van der Waals surface area contributed by atoms with Crippen LogP contribution < -0.4 is 5.32 Å². The van der Waals surface area contributed by atoms with E-state index in [1.165, 1.54) is 4.90 Å². The summed E-state index contributed by atoms with van der Waals surface area (Å²) >= 11 is 0. The average molecular weight is 214 g/mol. The minimum atomic E-state index is -0.807. The zero-order valence-corrected chi connectivity index (χ0v) is 8.87. The molecule has 0 aromatic rings. The molecule has 2 heterocycles. The second-order valence-corrected chi connectivity index (χ2v) is 4.54. The molecule has 86 valence electrons. The number of likely N-dealkylation sites (tertiary alicyclic amines) is 1. The molecule has 5 heteroatoms. The lowest BCUT2D eigenvalue weighted by Gasteiger charge is -2.40. The number of amides is 1. The van der Waals surface area contributed by atoms with Crippen LogP contribution in [0.1, 0.15) is 12.8 Å². The molecule has 0 aromatic carbocycles. The zero-order chi connectivity index (χ0) is 10.7. The first kappa shape index (κ1) is 10.7. The predicted molar refractivity (Wildman–Crippen MR) is 55.0 cm³/mol. The fraction of sp³-hybridized carbons (Fsp3) is 0.900. The van der Waals surface area contributed by atoms with Crippen molar-refractivity contribution >= 4 is 6.09 Å². The van der Waals surface area contributed by atoms with Gasteiger partial charge in [0.2, 0.25) is 0 Å². The SMILES string of the molecule is O=C(O)N1CCCC2(CNCCOC2)C1. The van der Waals surface area contributed by atoms with Gasteiger partial charge in [-0.15, -0.1) is 0 Å². The largest absolute Gasteiger partial charge is 0.465 e. The van der Waals surface area contributed by atoms with Crippen molar-refractivity contribution in [3.8, 4) is 0 Å². The fourth-order valence-electron chi connectivity index (χ4n) is 2.47. The van der Waals surface area contributed by atoms with Gasteiger partial charge in [-0.25, -0.2) is 4.79 Å². The molecular formula is C10H18N2O3. The summed E-state index contributed by atoms with van der Waals surface area (Å²) in [5.74, 6) is 0. The van der Waals surface area contributed by atoms with Crippen LogP contribution in [0.5, 0.6) is 0 Å². The molecule has 1 amide bonds. The summed E-state index contributed by atoms with van der Waals surface area (Å²) in [5.41, 5.74) is 0.00708. The van der Waals surface area contributed by atoms with Crippen LogP contribution in [0.15, 0.2) is 0 Å². The summed E-state index contributed by atoms with van der Waals surface area (Å²) < 4.78 is 5.53. The Labute approximate surface area is 89.4 Å². The van der Waals surface area contributed by atoms with Crippen molar-refractivity contribution in [3.63, 3.8) is 0 Å². The van der Waals surface area contributed by atoms with Gasteiger partial charge in [0.15, 0.2) is 0 Å². The summed E-state index contributed by atoms with van der Waals surface area (Å²) in [7, 11) is 0. The number of hydrogen-bond acceptors (Lipinski definition) is 3. The molecule has 0 radical (unpaired) electrons. The number of nitrogens with one attached hydrogen (secondary N) is 1. The lowest BCUT2D eigenvalue weighted by atomic mass is 9.80. The molecule has 5 nitrogen and oxygen atoms in total. The van der Waals surface area contributed by atoms with E-state index in [-0.39, 0.29) is 5.41 Å². The van der Waals surface area contributed by atoms with E-state index >= 15 is 0 Å². The summed E-state index contributed by atoms with van der Waals surface area (Å²) in [6, 6.07) is 0. The van der Waals surface area contributed by atoms with Gasteiger partial charge in [0.1, 0.15) is 0 Å². The molecule has 2 aliphatic rings. The summed E-state index contributed by atoms with van der Waals surface area (Å²) in [6.45, 7) is 4.43. The smallest absolute Gasteiger partial charge is 0.407 e. The lowest BCUT2D eigenvalue weighted by Crippen LogP contribution is -2.51. The third kappa shape index (κ3) is 2.41. The Hall–Kier alpha value is -0.810. The van der Waals surface area contributed by atoms with E-state index in [1.54, 1.807) is 0 Å². The number of carbonyl (C=O) groups is 1. The molecule has 0 saturated carbocycles. The first-order chi connectivity index (χ1) is 7.22. The molecule has 2 fully saturated rings. The van der Waals surface area contributed by atoms with Crippen LogP contribution in [0.2, 0.25) is 0 Å². The Bertz CT molecular complexity index is 237. The van der Waals surface area contributed by atoms with Gasteiger partial charge < -0.3 is 20.1 Å². The Kier molecular flexibility index (Phi) is 3.11. The molecule has 1 spiro atoms. The molecular weight excluding hydrogens is 196 g/mol. The topological polar surface area (TPSA) is 61.8 Å². The van der Waals surface area contributed by atoms with Crippen LogP contribution in [-0.2, 0) is 4.74 Å². The minimum Gasteiger partial charge on any atom is -0.465 e. The third-order valence-corrected chi connectivity index (χ3v) is 3.26. The molecule has 0 aromatic heterocycles. The second-order valence-electron chi connectivity index (χ2n) is 4.54. The summed E-state index contributed by atoms with van der Waals surface area (Å²) in [6.07, 6.45) is 1.19. The number of piperidine rings is 1. The minimum absolute atomic E-state index is 0.00708. The number of ether oxygens (including phenoxy) is 1. The van der Waals surface area contributed by atoms with Gasteiger partial charge in [-0.2, -0.15) is 0 Å². The van der Waals surface area contributed by atoms with Gasteiger partial charge in [-0.1, -0.05) is 0 Å². The van der Waals surface area contributed by atoms with Crippen LogP contribution in [0.25, 0.3) is 0 Å². The lowest BCUT2D eigenvalue weighted by molar-refractivity contribution is 0.0157. The van der Waals surface area contributed by atoms with Crippen molar-refractivity contribution in [3.05, 3.63) is 0 Å². The maximum Gasteiger partial charge on any atom is 0.407 e. The van der Waals surface area contributed by atoms with Crippen molar-refractivity contribution in [1.29, 1.82) is 0 Å². The normalized spacial score (nSPS) is 32.7. The van der Waals surface area contributed by atoms with Gasteiger partial charge in [-0.3, -0.25) is 0 Å². The zero-order valence-electron chi connectivity index (χ0n) is 8.87. The van der Waals surface area contributed by atoms with Gasteiger partial charge in [-0.05, 0) is 12.8 Å². The Morgan fingerprint density at radius 2 is 2.40 bits per heavy atom. The standard InChI is InChI=1S/C10H18N2O3/c13-9(14)12-4-1-2-10(7-12)6-11-3-5-15-8-10/h11H,1-8H2,(H,13,14). The maximum atomic E-state index is 10.9. The van der Waals surface area contributed by atoms with Crippen LogP contribution in [0.3, 0.4) is 0 Å². The second kappa shape index (κ2) is 4.37. The molecule has 1 atom stereocenters. The van der Waals surface area contributed by atoms with Gasteiger partial charge in [0.25, 0.3) is 0 Å². The number of carboxylic acid groups (broad SMARTS) is 1. The molecule has 15 heavy (non-hydrogen) atoms. The van der Waals surface area contributed by atoms with Crippen molar-refractivity contribution in [2.45, 2.75) is 12.8 Å². The summed E-state index contributed by atoms with van der Waals surface area (Å²) in [4.78, 5) is 12.4. The fourth-order valence-corrected chi connectivity index (χ4v) is 2.47. The van der Waals surface area contributed by atoms with E-state index in [0.717, 1.165) is 32.5 Å². The highest BCUT2D eigenvalue weighted by molar-refractivity contribution is 5.65. The number of rotatable bonds is 0. The number of hydrogen-bond donors (Lipinski definition) is 2. The highest BCUT2D eigenvalue weighted by Crippen LogP contribution is 2.30. The Morgan fingerprint density at radius 1 is 1.53 bits per heavy atom. The van der Waals surface area contributed by atoms with Crippen molar-refractivity contribution < 1.29 is 14.6 Å². The van der Waals surface area contributed by atoms with Gasteiger partial charge in [0.05, 0.1) is 13.2 Å². The Balaban J connectivity index is 2.02. The molecule has 2 saturated heterocycles.